The molecule has 122 valence electrons. The first-order valence-corrected chi connectivity index (χ1v) is 7.44. The number of anilines is 2. The van der Waals surface area contributed by atoms with Crippen molar-refractivity contribution in [2.75, 3.05) is 11.5 Å². The molecule has 0 saturated heterocycles. The summed E-state index contributed by atoms with van der Waals surface area (Å²) in [6.07, 6.45) is 0. The fraction of sp³-hybridized carbons (Fsp3) is 0.0526. The number of hydrogen-bond donors (Lipinski definition) is 3. The third-order valence-electron chi connectivity index (χ3n) is 3.41. The Labute approximate surface area is 140 Å². The van der Waals surface area contributed by atoms with E-state index < -0.39 is 0 Å². The molecule has 0 aliphatic rings. The summed E-state index contributed by atoms with van der Waals surface area (Å²) >= 11 is 0. The zero-order valence-corrected chi connectivity index (χ0v) is 13.0. The molecule has 0 heterocycles. The zero-order valence-electron chi connectivity index (χ0n) is 13.0. The summed E-state index contributed by atoms with van der Waals surface area (Å²) in [6, 6.07) is 19.4. The number of nitrogen functional groups attached to an aromatic ring is 2. The standard InChI is InChI=1S/C19H18N2O3/c20-14-2-6-16(7-3-14)23-18-10-1-13(12-22)11-19(18)24-17-8-4-15(21)5-9-17/h1-11,22H,12,20-21H2. The van der Waals surface area contributed by atoms with Crippen molar-refractivity contribution >= 4 is 11.4 Å². The van der Waals surface area contributed by atoms with Crippen LogP contribution in [0.3, 0.4) is 0 Å². The van der Waals surface area contributed by atoms with Crippen molar-refractivity contribution in [3.05, 3.63) is 72.3 Å². The Morgan fingerprint density at radius 2 is 1.17 bits per heavy atom. The minimum absolute atomic E-state index is 0.0831. The van der Waals surface area contributed by atoms with Crippen molar-refractivity contribution in [2.24, 2.45) is 0 Å². The van der Waals surface area contributed by atoms with E-state index in [0.29, 0.717) is 34.4 Å². The van der Waals surface area contributed by atoms with Crippen molar-refractivity contribution in [1.82, 2.24) is 0 Å². The highest BCUT2D eigenvalue weighted by Gasteiger charge is 2.09. The number of benzene rings is 3. The predicted molar refractivity (Wildman–Crippen MR) is 94.2 cm³/mol. The molecular weight excluding hydrogens is 304 g/mol. The molecule has 0 aromatic heterocycles. The van der Waals surface area contributed by atoms with Gasteiger partial charge in [0.05, 0.1) is 6.61 Å². The van der Waals surface area contributed by atoms with Gasteiger partial charge in [-0.2, -0.15) is 0 Å². The van der Waals surface area contributed by atoms with E-state index in [1.807, 2.05) is 0 Å². The van der Waals surface area contributed by atoms with E-state index in [1.165, 1.54) is 0 Å². The van der Waals surface area contributed by atoms with E-state index in [0.717, 1.165) is 5.56 Å². The van der Waals surface area contributed by atoms with Gasteiger partial charge in [0.25, 0.3) is 0 Å². The predicted octanol–water partition coefficient (Wildman–Crippen LogP) is 3.93. The van der Waals surface area contributed by atoms with Gasteiger partial charge in [0, 0.05) is 11.4 Å². The second-order valence-corrected chi connectivity index (χ2v) is 5.28. The lowest BCUT2D eigenvalue weighted by Crippen LogP contribution is -1.94. The molecular formula is C19H18N2O3. The highest BCUT2D eigenvalue weighted by Crippen LogP contribution is 2.36. The number of nitrogens with two attached hydrogens (primary N) is 2. The van der Waals surface area contributed by atoms with Gasteiger partial charge < -0.3 is 26.0 Å². The molecule has 0 fully saturated rings. The van der Waals surface area contributed by atoms with E-state index in [-0.39, 0.29) is 6.61 Å². The first-order valence-electron chi connectivity index (χ1n) is 7.44. The van der Waals surface area contributed by atoms with Crippen molar-refractivity contribution < 1.29 is 14.6 Å². The topological polar surface area (TPSA) is 90.7 Å². The smallest absolute Gasteiger partial charge is 0.170 e. The SMILES string of the molecule is Nc1ccc(Oc2ccc(CO)cc2Oc2ccc(N)cc2)cc1. The first kappa shape index (κ1) is 15.7. The average molecular weight is 322 g/mol. The van der Waals surface area contributed by atoms with Gasteiger partial charge in [-0.25, -0.2) is 0 Å². The van der Waals surface area contributed by atoms with E-state index >= 15 is 0 Å². The second kappa shape index (κ2) is 6.93. The van der Waals surface area contributed by atoms with Crippen LogP contribution < -0.4 is 20.9 Å². The Morgan fingerprint density at radius 1 is 0.667 bits per heavy atom. The zero-order chi connectivity index (χ0) is 16.9. The summed E-state index contributed by atoms with van der Waals surface area (Å²) in [5.41, 5.74) is 13.4. The lowest BCUT2D eigenvalue weighted by atomic mass is 10.2. The fourth-order valence-electron chi connectivity index (χ4n) is 2.14. The van der Waals surface area contributed by atoms with Gasteiger partial charge in [-0.1, -0.05) is 6.07 Å². The molecule has 0 aliphatic carbocycles. The van der Waals surface area contributed by atoms with Crippen molar-refractivity contribution in [3.63, 3.8) is 0 Å². The van der Waals surface area contributed by atoms with E-state index in [9.17, 15) is 5.11 Å². The monoisotopic (exact) mass is 322 g/mol. The summed E-state index contributed by atoms with van der Waals surface area (Å²) in [7, 11) is 0. The first-order chi connectivity index (χ1) is 11.6. The maximum absolute atomic E-state index is 9.35. The van der Waals surface area contributed by atoms with Crippen LogP contribution in [0.25, 0.3) is 0 Å². The van der Waals surface area contributed by atoms with Crippen LogP contribution in [0.5, 0.6) is 23.0 Å². The molecule has 0 atom stereocenters. The third-order valence-corrected chi connectivity index (χ3v) is 3.41. The van der Waals surface area contributed by atoms with Crippen LogP contribution in [0.15, 0.2) is 66.7 Å². The van der Waals surface area contributed by atoms with Gasteiger partial charge in [0.1, 0.15) is 11.5 Å². The maximum Gasteiger partial charge on any atom is 0.170 e. The van der Waals surface area contributed by atoms with Gasteiger partial charge in [-0.05, 0) is 66.2 Å². The quantitative estimate of drug-likeness (QED) is 0.619. The summed E-state index contributed by atoms with van der Waals surface area (Å²) in [4.78, 5) is 0. The number of ether oxygens (including phenoxy) is 2. The molecule has 5 N–H and O–H groups in total. The molecule has 0 bridgehead atoms. The minimum Gasteiger partial charge on any atom is -0.453 e. The molecule has 3 aromatic rings. The summed E-state index contributed by atoms with van der Waals surface area (Å²) in [5.74, 6) is 2.31. The summed E-state index contributed by atoms with van der Waals surface area (Å²) < 4.78 is 11.8. The van der Waals surface area contributed by atoms with Crippen LogP contribution in [0, 0.1) is 0 Å². The van der Waals surface area contributed by atoms with E-state index in [4.69, 9.17) is 20.9 Å². The average Bonchev–Trinajstić information content (AvgIpc) is 2.60. The van der Waals surface area contributed by atoms with E-state index in [2.05, 4.69) is 0 Å². The number of aliphatic hydroxyl groups excluding tert-OH is 1. The molecule has 0 radical (unpaired) electrons. The maximum atomic E-state index is 9.35. The van der Waals surface area contributed by atoms with Crippen molar-refractivity contribution in [1.29, 1.82) is 0 Å². The molecule has 0 amide bonds. The van der Waals surface area contributed by atoms with Crippen LogP contribution in [-0.4, -0.2) is 5.11 Å². The fourth-order valence-corrected chi connectivity index (χ4v) is 2.14. The molecule has 3 rings (SSSR count). The molecule has 0 unspecified atom stereocenters. The highest BCUT2D eigenvalue weighted by molar-refractivity contribution is 5.50. The van der Waals surface area contributed by atoms with Gasteiger partial charge in [0.2, 0.25) is 0 Å². The Kier molecular flexibility index (Phi) is 4.54. The summed E-state index contributed by atoms with van der Waals surface area (Å²) in [5, 5.41) is 9.35. The molecule has 5 nitrogen and oxygen atoms in total. The summed E-state index contributed by atoms with van der Waals surface area (Å²) in [6.45, 7) is -0.0831. The molecule has 0 spiro atoms. The Morgan fingerprint density at radius 3 is 1.67 bits per heavy atom. The van der Waals surface area contributed by atoms with Crippen LogP contribution in [0.2, 0.25) is 0 Å². The Bertz CT molecular complexity index is 815. The van der Waals surface area contributed by atoms with Crippen LogP contribution in [0.1, 0.15) is 5.56 Å². The minimum atomic E-state index is -0.0831. The van der Waals surface area contributed by atoms with Crippen molar-refractivity contribution in [3.8, 4) is 23.0 Å². The molecule has 5 heteroatoms. The normalized spacial score (nSPS) is 10.4. The molecule has 24 heavy (non-hydrogen) atoms. The Balaban J connectivity index is 1.90. The van der Waals surface area contributed by atoms with Gasteiger partial charge >= 0.3 is 0 Å². The highest BCUT2D eigenvalue weighted by atomic mass is 16.5. The van der Waals surface area contributed by atoms with Gasteiger partial charge in [0.15, 0.2) is 11.5 Å². The molecule has 3 aromatic carbocycles. The van der Waals surface area contributed by atoms with Crippen LogP contribution in [0.4, 0.5) is 11.4 Å². The molecule has 0 saturated carbocycles. The van der Waals surface area contributed by atoms with Crippen molar-refractivity contribution in [2.45, 2.75) is 6.61 Å². The van der Waals surface area contributed by atoms with Crippen LogP contribution in [-0.2, 0) is 6.61 Å². The number of rotatable bonds is 5. The number of hydrogen-bond acceptors (Lipinski definition) is 5. The van der Waals surface area contributed by atoms with Gasteiger partial charge in [-0.3, -0.25) is 0 Å². The van der Waals surface area contributed by atoms with E-state index in [1.54, 1.807) is 66.7 Å². The van der Waals surface area contributed by atoms with Crippen LogP contribution >= 0.6 is 0 Å². The lowest BCUT2D eigenvalue weighted by molar-refractivity contribution is 0.281. The Hall–Kier alpha value is -3.18. The van der Waals surface area contributed by atoms with Gasteiger partial charge in [-0.15, -0.1) is 0 Å². The molecule has 0 aliphatic heterocycles. The second-order valence-electron chi connectivity index (χ2n) is 5.28. The lowest BCUT2D eigenvalue weighted by Gasteiger charge is -2.14. The third kappa shape index (κ3) is 3.77. The number of aliphatic hydroxyl groups is 1. The largest absolute Gasteiger partial charge is 0.453 e.